The van der Waals surface area contributed by atoms with Crippen molar-refractivity contribution in [3.63, 3.8) is 0 Å². The summed E-state index contributed by atoms with van der Waals surface area (Å²) in [6.07, 6.45) is 14.7. The van der Waals surface area contributed by atoms with Gasteiger partial charge in [0.25, 0.3) is 0 Å². The maximum Gasteiger partial charge on any atom is 0.226 e. The van der Waals surface area contributed by atoms with Crippen LogP contribution in [0.3, 0.4) is 0 Å². The number of hydrogen-bond acceptors (Lipinski definition) is 4. The van der Waals surface area contributed by atoms with Crippen molar-refractivity contribution in [2.24, 2.45) is 0 Å². The fourth-order valence-electron chi connectivity index (χ4n) is 4.53. The Morgan fingerprint density at radius 3 is 2.27 bits per heavy atom. The normalized spacial score (nSPS) is 14.5. The van der Waals surface area contributed by atoms with Crippen LogP contribution in [0.2, 0.25) is 0 Å². The first-order chi connectivity index (χ1) is 16.2. The molecular weight excluding hydrogens is 410 g/mol. The molecule has 2 rings (SSSR count). The quantitative estimate of drug-likeness (QED) is 0.283. The number of unbranched alkanes of at least 4 members (excludes halogenated alkanes) is 9. The number of rotatable bonds is 18. The lowest BCUT2D eigenvalue weighted by Gasteiger charge is -2.26. The molecule has 1 aromatic rings. The van der Waals surface area contributed by atoms with Crippen molar-refractivity contribution < 1.29 is 9.53 Å². The number of hydrogen-bond donors (Lipinski definition) is 1. The van der Waals surface area contributed by atoms with Crippen LogP contribution in [0.4, 0.5) is 5.69 Å². The van der Waals surface area contributed by atoms with Gasteiger partial charge in [0.15, 0.2) is 0 Å². The van der Waals surface area contributed by atoms with Crippen molar-refractivity contribution >= 4 is 11.6 Å². The summed E-state index contributed by atoms with van der Waals surface area (Å²) >= 11 is 0. The van der Waals surface area contributed by atoms with E-state index in [0.717, 1.165) is 64.5 Å². The molecule has 0 bridgehead atoms. The Hall–Kier alpha value is -1.43. The predicted octanol–water partition coefficient (Wildman–Crippen LogP) is 5.77. The molecule has 1 fully saturated rings. The van der Waals surface area contributed by atoms with E-state index >= 15 is 0 Å². The Morgan fingerprint density at radius 2 is 1.58 bits per heavy atom. The van der Waals surface area contributed by atoms with E-state index in [2.05, 4.69) is 35.3 Å². The average Bonchev–Trinajstić information content (AvgIpc) is 2.85. The molecule has 5 nitrogen and oxygen atoms in total. The van der Waals surface area contributed by atoms with E-state index in [4.69, 9.17) is 4.74 Å². The molecule has 1 saturated heterocycles. The largest absolute Gasteiger partial charge is 0.379 e. The molecule has 1 aromatic carbocycles. The second kappa shape index (κ2) is 18.0. The zero-order valence-electron chi connectivity index (χ0n) is 21.5. The van der Waals surface area contributed by atoms with Gasteiger partial charge in [0.1, 0.15) is 0 Å². The molecule has 188 valence electrons. The summed E-state index contributed by atoms with van der Waals surface area (Å²) in [6, 6.07) is 8.30. The number of anilines is 1. The van der Waals surface area contributed by atoms with E-state index in [-0.39, 0.29) is 5.91 Å². The minimum Gasteiger partial charge on any atom is -0.379 e. The van der Waals surface area contributed by atoms with E-state index < -0.39 is 0 Å². The van der Waals surface area contributed by atoms with E-state index in [1.807, 2.05) is 18.0 Å². The lowest BCUT2D eigenvalue weighted by Crippen LogP contribution is -2.37. The van der Waals surface area contributed by atoms with Crippen LogP contribution < -0.4 is 10.2 Å². The Balaban J connectivity index is 1.60. The molecule has 0 spiro atoms. The first kappa shape index (κ1) is 27.8. The average molecular weight is 460 g/mol. The van der Waals surface area contributed by atoms with Crippen LogP contribution in [0, 0.1) is 0 Å². The second-order valence-electron chi connectivity index (χ2n) is 9.50. The van der Waals surface area contributed by atoms with E-state index in [1.54, 1.807) is 0 Å². The molecule has 1 aliphatic heterocycles. The van der Waals surface area contributed by atoms with Crippen LogP contribution >= 0.6 is 0 Å². The number of nitrogens with zero attached hydrogens (tertiary/aromatic N) is 2. The predicted molar refractivity (Wildman–Crippen MR) is 140 cm³/mol. The van der Waals surface area contributed by atoms with Gasteiger partial charge in [-0.15, -0.1) is 0 Å². The molecule has 5 heteroatoms. The minimum absolute atomic E-state index is 0.231. The van der Waals surface area contributed by atoms with Gasteiger partial charge in [-0.1, -0.05) is 82.9 Å². The highest BCUT2D eigenvalue weighted by Crippen LogP contribution is 2.21. The monoisotopic (exact) mass is 459 g/mol. The molecule has 1 heterocycles. The maximum absolute atomic E-state index is 12.8. The number of ether oxygens (including phenoxy) is 1. The first-order valence-corrected chi connectivity index (χ1v) is 13.6. The van der Waals surface area contributed by atoms with Crippen molar-refractivity contribution in [2.45, 2.75) is 90.5 Å². The molecule has 1 N–H and O–H groups in total. The zero-order valence-corrected chi connectivity index (χ0v) is 21.5. The van der Waals surface area contributed by atoms with Crippen LogP contribution in [0.1, 0.15) is 89.5 Å². The maximum atomic E-state index is 12.8. The second-order valence-corrected chi connectivity index (χ2v) is 9.50. The highest BCUT2D eigenvalue weighted by atomic mass is 16.5. The van der Waals surface area contributed by atoms with Gasteiger partial charge in [-0.05, 0) is 37.6 Å². The molecule has 0 radical (unpaired) electrons. The van der Waals surface area contributed by atoms with Crippen molar-refractivity contribution in [3.05, 3.63) is 29.8 Å². The summed E-state index contributed by atoms with van der Waals surface area (Å²) in [5.41, 5.74) is 2.23. The number of carbonyl (C=O) groups excluding carboxylic acids is 1. The lowest BCUT2D eigenvalue weighted by atomic mass is 10.1. The third kappa shape index (κ3) is 12.0. The first-order valence-electron chi connectivity index (χ1n) is 13.6. The SMILES string of the molecule is CCCCCCCCCCCCC(=O)N(C)c1ccccc1CNCCCN1CCOCC1. The summed E-state index contributed by atoms with van der Waals surface area (Å²) in [6.45, 7) is 9.00. The van der Waals surface area contributed by atoms with Gasteiger partial charge in [-0.2, -0.15) is 0 Å². The number of carbonyl (C=O) groups is 1. The van der Waals surface area contributed by atoms with Gasteiger partial charge in [0, 0.05) is 38.8 Å². The summed E-state index contributed by atoms with van der Waals surface area (Å²) in [5.74, 6) is 0.231. The Morgan fingerprint density at radius 1 is 0.939 bits per heavy atom. The summed E-state index contributed by atoms with van der Waals surface area (Å²) < 4.78 is 5.41. The van der Waals surface area contributed by atoms with Crippen LogP contribution in [0.15, 0.2) is 24.3 Å². The van der Waals surface area contributed by atoms with E-state index in [9.17, 15) is 4.79 Å². The fraction of sp³-hybridized carbons (Fsp3) is 0.750. The molecule has 1 amide bonds. The lowest BCUT2D eigenvalue weighted by molar-refractivity contribution is -0.118. The molecule has 33 heavy (non-hydrogen) atoms. The van der Waals surface area contributed by atoms with Crippen molar-refractivity contribution in [1.29, 1.82) is 0 Å². The van der Waals surface area contributed by atoms with Gasteiger partial charge < -0.3 is 15.0 Å². The minimum atomic E-state index is 0.231. The number of benzene rings is 1. The van der Waals surface area contributed by atoms with Gasteiger partial charge in [-0.3, -0.25) is 9.69 Å². The summed E-state index contributed by atoms with van der Waals surface area (Å²) in [7, 11) is 1.93. The molecule has 0 atom stereocenters. The van der Waals surface area contributed by atoms with Crippen LogP contribution in [-0.2, 0) is 16.1 Å². The Labute approximate surface area is 203 Å². The fourth-order valence-corrected chi connectivity index (χ4v) is 4.53. The Kier molecular flexibility index (Phi) is 15.1. The Bertz CT molecular complexity index is 631. The zero-order chi connectivity index (χ0) is 23.6. The van der Waals surface area contributed by atoms with Crippen LogP contribution in [0.5, 0.6) is 0 Å². The number of amides is 1. The van der Waals surface area contributed by atoms with Crippen molar-refractivity contribution in [3.8, 4) is 0 Å². The third-order valence-electron chi connectivity index (χ3n) is 6.72. The van der Waals surface area contributed by atoms with Crippen LogP contribution in [-0.4, -0.2) is 57.2 Å². The van der Waals surface area contributed by atoms with Gasteiger partial charge >= 0.3 is 0 Å². The summed E-state index contributed by atoms with van der Waals surface area (Å²) in [4.78, 5) is 17.1. The van der Waals surface area contributed by atoms with Gasteiger partial charge in [0.2, 0.25) is 5.91 Å². The van der Waals surface area contributed by atoms with E-state index in [1.165, 1.54) is 63.4 Å². The third-order valence-corrected chi connectivity index (χ3v) is 6.72. The smallest absolute Gasteiger partial charge is 0.226 e. The molecule has 0 aliphatic carbocycles. The van der Waals surface area contributed by atoms with Gasteiger partial charge in [-0.25, -0.2) is 0 Å². The van der Waals surface area contributed by atoms with Crippen molar-refractivity contribution in [2.75, 3.05) is 51.3 Å². The highest BCUT2D eigenvalue weighted by Gasteiger charge is 2.14. The molecule has 0 aromatic heterocycles. The molecule has 0 saturated carbocycles. The molecule has 1 aliphatic rings. The van der Waals surface area contributed by atoms with Crippen LogP contribution in [0.25, 0.3) is 0 Å². The number of nitrogens with one attached hydrogen (secondary N) is 1. The summed E-state index contributed by atoms with van der Waals surface area (Å²) in [5, 5.41) is 3.57. The number of para-hydroxylation sites is 1. The standard InChI is InChI=1S/C28H49N3O2/c1-3-4-5-6-7-8-9-10-11-12-18-28(32)30(2)27-17-14-13-16-26(27)25-29-19-15-20-31-21-23-33-24-22-31/h13-14,16-17,29H,3-12,15,18-25H2,1-2H3. The van der Waals surface area contributed by atoms with E-state index in [0.29, 0.717) is 6.42 Å². The topological polar surface area (TPSA) is 44.8 Å². The molecule has 0 unspecified atom stereocenters. The van der Waals surface area contributed by atoms with Gasteiger partial charge in [0.05, 0.1) is 13.2 Å². The number of morpholine rings is 1. The molecular formula is C28H49N3O2. The van der Waals surface area contributed by atoms with Crippen molar-refractivity contribution in [1.82, 2.24) is 10.2 Å². The highest BCUT2D eigenvalue weighted by molar-refractivity contribution is 5.93.